The number of fused-ring (bicyclic) bond motifs is 1. The van der Waals surface area contributed by atoms with Gasteiger partial charge in [0.15, 0.2) is 5.58 Å². The van der Waals surface area contributed by atoms with E-state index in [0.717, 1.165) is 18.4 Å². The number of aromatic amines is 1. The predicted molar refractivity (Wildman–Crippen MR) is 82.1 cm³/mol. The van der Waals surface area contributed by atoms with Gasteiger partial charge in [-0.15, -0.1) is 0 Å². The highest BCUT2D eigenvalue weighted by molar-refractivity contribution is 7.71. The number of rotatable bonds is 4. The van der Waals surface area contributed by atoms with E-state index < -0.39 is 12.0 Å². The van der Waals surface area contributed by atoms with E-state index in [-0.39, 0.29) is 16.8 Å². The van der Waals surface area contributed by atoms with Crippen molar-refractivity contribution in [1.82, 2.24) is 9.88 Å². The van der Waals surface area contributed by atoms with E-state index in [1.807, 2.05) is 0 Å². The van der Waals surface area contributed by atoms with Crippen molar-refractivity contribution in [2.24, 2.45) is 0 Å². The van der Waals surface area contributed by atoms with Crippen molar-refractivity contribution in [3.63, 3.8) is 0 Å². The van der Waals surface area contributed by atoms with Crippen molar-refractivity contribution in [1.29, 1.82) is 0 Å². The van der Waals surface area contributed by atoms with Gasteiger partial charge in [0.1, 0.15) is 6.04 Å². The molecule has 116 valence electrons. The van der Waals surface area contributed by atoms with Crippen molar-refractivity contribution in [3.8, 4) is 0 Å². The van der Waals surface area contributed by atoms with Gasteiger partial charge in [0, 0.05) is 11.6 Å². The lowest BCUT2D eigenvalue weighted by Crippen LogP contribution is -2.45. The van der Waals surface area contributed by atoms with Crippen LogP contribution in [0, 0.1) is 4.84 Å². The number of methoxy groups -OCH3 is 1. The third-order valence-corrected chi connectivity index (χ3v) is 3.99. The summed E-state index contributed by atoms with van der Waals surface area (Å²) in [5.74, 6) is -0.620. The van der Waals surface area contributed by atoms with E-state index in [0.29, 0.717) is 11.1 Å². The Morgan fingerprint density at radius 1 is 1.45 bits per heavy atom. The number of esters is 1. The van der Waals surface area contributed by atoms with Gasteiger partial charge in [0.25, 0.3) is 10.7 Å². The standard InChI is InChI=1S/C15H16N2O4S/c1-8(14(19)20-2)17(10-4-5-10)13(18)9-3-6-11-12(7-9)21-15(22)16-11/h3,6-8,10H,4-5H2,1-2H3,(H,16,22). The number of benzene rings is 1. The maximum absolute atomic E-state index is 12.8. The zero-order valence-electron chi connectivity index (χ0n) is 12.3. The number of nitrogens with zero attached hydrogens (tertiary/aromatic N) is 1. The first-order valence-corrected chi connectivity index (χ1v) is 7.45. The fourth-order valence-corrected chi connectivity index (χ4v) is 2.72. The maximum atomic E-state index is 12.8. The molecule has 22 heavy (non-hydrogen) atoms. The second-order valence-electron chi connectivity index (χ2n) is 5.37. The Balaban J connectivity index is 1.94. The van der Waals surface area contributed by atoms with Gasteiger partial charge < -0.3 is 19.0 Å². The summed E-state index contributed by atoms with van der Waals surface area (Å²) in [4.78, 5) is 29.3. The van der Waals surface area contributed by atoms with Crippen molar-refractivity contribution < 1.29 is 18.7 Å². The van der Waals surface area contributed by atoms with Crippen LogP contribution in [0.3, 0.4) is 0 Å². The summed E-state index contributed by atoms with van der Waals surface area (Å²) < 4.78 is 10.1. The van der Waals surface area contributed by atoms with E-state index in [1.165, 1.54) is 7.11 Å². The molecule has 1 aliphatic rings. The van der Waals surface area contributed by atoms with Crippen molar-refractivity contribution in [2.45, 2.75) is 31.8 Å². The van der Waals surface area contributed by atoms with Crippen LogP contribution >= 0.6 is 12.2 Å². The summed E-state index contributed by atoms with van der Waals surface area (Å²) in [5.41, 5.74) is 1.73. The summed E-state index contributed by atoms with van der Waals surface area (Å²) in [7, 11) is 1.32. The zero-order valence-corrected chi connectivity index (χ0v) is 13.1. The number of ether oxygens (including phenoxy) is 1. The van der Waals surface area contributed by atoms with Gasteiger partial charge in [-0.2, -0.15) is 0 Å². The number of nitrogens with one attached hydrogen (secondary N) is 1. The van der Waals surface area contributed by atoms with E-state index in [1.54, 1.807) is 30.0 Å². The van der Waals surface area contributed by atoms with Gasteiger partial charge in [-0.25, -0.2) is 4.79 Å². The highest BCUT2D eigenvalue weighted by Gasteiger charge is 2.39. The van der Waals surface area contributed by atoms with E-state index in [9.17, 15) is 9.59 Å². The Bertz CT molecular complexity index is 790. The summed E-state index contributed by atoms with van der Waals surface area (Å²) in [6.07, 6.45) is 1.81. The number of H-pyrrole nitrogens is 1. The topological polar surface area (TPSA) is 75.5 Å². The molecular formula is C15H16N2O4S. The maximum Gasteiger partial charge on any atom is 0.328 e. The molecule has 1 heterocycles. The minimum Gasteiger partial charge on any atom is -0.467 e. The molecule has 0 radical (unpaired) electrons. The summed E-state index contributed by atoms with van der Waals surface area (Å²) in [5, 5.41) is 0. The molecule has 0 aliphatic heterocycles. The molecule has 1 aliphatic carbocycles. The number of amides is 1. The second kappa shape index (κ2) is 5.57. The molecule has 1 fully saturated rings. The number of carbonyl (C=O) groups excluding carboxylic acids is 2. The SMILES string of the molecule is COC(=O)C(C)N(C(=O)c1ccc2[nH]c(=S)oc2c1)C1CC1. The van der Waals surface area contributed by atoms with Crippen molar-refractivity contribution in [2.75, 3.05) is 7.11 Å². The van der Waals surface area contributed by atoms with E-state index >= 15 is 0 Å². The Hall–Kier alpha value is -2.15. The molecule has 1 amide bonds. The Labute approximate surface area is 132 Å². The first-order valence-electron chi connectivity index (χ1n) is 7.04. The zero-order chi connectivity index (χ0) is 15.9. The molecule has 0 bridgehead atoms. The smallest absolute Gasteiger partial charge is 0.328 e. The van der Waals surface area contributed by atoms with Crippen LogP contribution in [0.15, 0.2) is 22.6 Å². The molecule has 1 aromatic heterocycles. The number of aromatic nitrogens is 1. The molecule has 3 rings (SSSR count). The Morgan fingerprint density at radius 2 is 2.18 bits per heavy atom. The minimum atomic E-state index is -0.613. The van der Waals surface area contributed by atoms with Gasteiger partial charge in [-0.1, -0.05) is 0 Å². The minimum absolute atomic E-state index is 0.0926. The summed E-state index contributed by atoms with van der Waals surface area (Å²) in [6, 6.07) is 4.57. The summed E-state index contributed by atoms with van der Waals surface area (Å²) in [6.45, 7) is 1.68. The van der Waals surface area contributed by atoms with Crippen LogP contribution in [0.1, 0.15) is 30.1 Å². The van der Waals surface area contributed by atoms with Crippen LogP contribution in [-0.2, 0) is 9.53 Å². The molecule has 1 aromatic carbocycles. The number of carbonyl (C=O) groups is 2. The van der Waals surface area contributed by atoms with Gasteiger partial charge >= 0.3 is 5.97 Å². The number of hydrogen-bond donors (Lipinski definition) is 1. The fourth-order valence-electron chi connectivity index (χ4n) is 2.52. The molecule has 1 N–H and O–H groups in total. The van der Waals surface area contributed by atoms with Crippen LogP contribution in [0.4, 0.5) is 0 Å². The predicted octanol–water partition coefficient (Wildman–Crippen LogP) is 2.66. The molecular weight excluding hydrogens is 304 g/mol. The van der Waals surface area contributed by atoms with Crippen LogP contribution < -0.4 is 0 Å². The van der Waals surface area contributed by atoms with E-state index in [4.69, 9.17) is 21.4 Å². The normalized spacial score (nSPS) is 15.5. The fraction of sp³-hybridized carbons (Fsp3) is 0.400. The Kier molecular flexibility index (Phi) is 3.74. The largest absolute Gasteiger partial charge is 0.467 e. The first-order chi connectivity index (χ1) is 10.5. The molecule has 1 saturated carbocycles. The average molecular weight is 320 g/mol. The molecule has 0 saturated heterocycles. The van der Waals surface area contributed by atoms with Crippen LogP contribution in [0.2, 0.25) is 0 Å². The molecule has 6 nitrogen and oxygen atoms in total. The highest BCUT2D eigenvalue weighted by atomic mass is 32.1. The van der Waals surface area contributed by atoms with Gasteiger partial charge in [-0.3, -0.25) is 4.79 Å². The molecule has 1 atom stereocenters. The quantitative estimate of drug-likeness (QED) is 0.692. The lowest BCUT2D eigenvalue weighted by Gasteiger charge is -2.27. The van der Waals surface area contributed by atoms with Crippen LogP contribution in [0.25, 0.3) is 11.1 Å². The second-order valence-corrected chi connectivity index (χ2v) is 5.74. The highest BCUT2D eigenvalue weighted by Crippen LogP contribution is 2.31. The molecule has 2 aromatic rings. The van der Waals surface area contributed by atoms with Crippen molar-refractivity contribution >= 4 is 35.2 Å². The molecule has 1 unspecified atom stereocenters. The third kappa shape index (κ3) is 2.64. The van der Waals surface area contributed by atoms with Gasteiger partial charge in [0.2, 0.25) is 0 Å². The van der Waals surface area contributed by atoms with Gasteiger partial charge in [-0.05, 0) is 50.2 Å². The molecule has 7 heteroatoms. The van der Waals surface area contributed by atoms with Crippen molar-refractivity contribution in [3.05, 3.63) is 28.6 Å². The number of oxazole rings is 1. The van der Waals surface area contributed by atoms with E-state index in [2.05, 4.69) is 4.98 Å². The third-order valence-electron chi connectivity index (χ3n) is 3.80. The average Bonchev–Trinajstić information content (AvgIpc) is 3.26. The van der Waals surface area contributed by atoms with Crippen LogP contribution in [-0.4, -0.2) is 41.0 Å². The Morgan fingerprint density at radius 3 is 2.82 bits per heavy atom. The van der Waals surface area contributed by atoms with Crippen LogP contribution in [0.5, 0.6) is 0 Å². The van der Waals surface area contributed by atoms with Gasteiger partial charge in [0.05, 0.1) is 12.6 Å². The first kappa shape index (κ1) is 14.8. The summed E-state index contributed by atoms with van der Waals surface area (Å²) >= 11 is 4.94. The lowest BCUT2D eigenvalue weighted by molar-refractivity contribution is -0.145. The molecule has 0 spiro atoms. The number of hydrogen-bond acceptors (Lipinski definition) is 5. The lowest BCUT2D eigenvalue weighted by atomic mass is 10.1. The monoisotopic (exact) mass is 320 g/mol.